The molecule has 0 aliphatic carbocycles. The SMILES string of the molecule is COc1ccc(NC(=O)n2cc(F)c(=N)n(C)c2=O)cc1. The Kier molecular flexibility index (Phi) is 3.88. The molecule has 7 nitrogen and oxygen atoms in total. The van der Waals surface area contributed by atoms with Gasteiger partial charge in [0.05, 0.1) is 13.3 Å². The summed E-state index contributed by atoms with van der Waals surface area (Å²) >= 11 is 0. The standard InChI is InChI=1S/C13H13FN4O3/c1-17-11(15)10(14)7-18(13(17)20)12(19)16-8-3-5-9(21-2)6-4-8/h3-7,15H,1-2H3,(H,16,19). The van der Waals surface area contributed by atoms with Gasteiger partial charge in [-0.2, -0.15) is 0 Å². The second-order valence-electron chi connectivity index (χ2n) is 4.20. The summed E-state index contributed by atoms with van der Waals surface area (Å²) in [6, 6.07) is 5.60. The molecule has 1 heterocycles. The number of hydrogen-bond donors (Lipinski definition) is 2. The van der Waals surface area contributed by atoms with Crippen LogP contribution in [0.15, 0.2) is 35.3 Å². The highest BCUT2D eigenvalue weighted by atomic mass is 19.1. The molecule has 0 bridgehead atoms. The molecule has 2 aromatic rings. The van der Waals surface area contributed by atoms with Crippen LogP contribution in [0.5, 0.6) is 5.75 Å². The van der Waals surface area contributed by atoms with E-state index in [1.807, 2.05) is 0 Å². The van der Waals surface area contributed by atoms with Crippen molar-refractivity contribution in [3.63, 3.8) is 0 Å². The summed E-state index contributed by atoms with van der Waals surface area (Å²) in [5, 5.41) is 9.77. The van der Waals surface area contributed by atoms with Crippen LogP contribution >= 0.6 is 0 Å². The monoisotopic (exact) mass is 292 g/mol. The number of aromatic nitrogens is 2. The minimum Gasteiger partial charge on any atom is -0.497 e. The Morgan fingerprint density at radius 1 is 1.33 bits per heavy atom. The highest BCUT2D eigenvalue weighted by Crippen LogP contribution is 2.14. The number of benzene rings is 1. The van der Waals surface area contributed by atoms with Crippen LogP contribution in [0.25, 0.3) is 0 Å². The molecule has 0 atom stereocenters. The minimum absolute atomic E-state index is 0.422. The maximum Gasteiger partial charge on any atom is 0.337 e. The van der Waals surface area contributed by atoms with Crippen molar-refractivity contribution in [2.45, 2.75) is 0 Å². The largest absolute Gasteiger partial charge is 0.497 e. The van der Waals surface area contributed by atoms with Gasteiger partial charge in [-0.25, -0.2) is 18.5 Å². The number of anilines is 1. The molecule has 0 aliphatic rings. The van der Waals surface area contributed by atoms with Crippen LogP contribution in [0.4, 0.5) is 14.9 Å². The Morgan fingerprint density at radius 3 is 2.52 bits per heavy atom. The van der Waals surface area contributed by atoms with Crippen molar-refractivity contribution in [2.24, 2.45) is 7.05 Å². The quantitative estimate of drug-likeness (QED) is 0.861. The molecule has 110 valence electrons. The molecule has 0 unspecified atom stereocenters. The predicted molar refractivity (Wildman–Crippen MR) is 72.9 cm³/mol. The molecule has 0 saturated carbocycles. The summed E-state index contributed by atoms with van der Waals surface area (Å²) in [4.78, 5) is 23.8. The number of rotatable bonds is 2. The summed E-state index contributed by atoms with van der Waals surface area (Å²) in [6.45, 7) is 0. The molecule has 0 spiro atoms. The van der Waals surface area contributed by atoms with E-state index in [1.165, 1.54) is 14.2 Å². The van der Waals surface area contributed by atoms with E-state index in [0.29, 0.717) is 22.2 Å². The molecular weight excluding hydrogens is 279 g/mol. The first-order chi connectivity index (χ1) is 9.93. The van der Waals surface area contributed by atoms with E-state index in [1.54, 1.807) is 24.3 Å². The maximum atomic E-state index is 13.5. The number of nitrogens with zero attached hydrogens (tertiary/aromatic N) is 2. The van der Waals surface area contributed by atoms with E-state index in [4.69, 9.17) is 10.1 Å². The first-order valence-electron chi connectivity index (χ1n) is 5.92. The summed E-state index contributed by atoms with van der Waals surface area (Å²) in [6.07, 6.45) is 0.684. The molecule has 0 saturated heterocycles. The molecule has 21 heavy (non-hydrogen) atoms. The van der Waals surface area contributed by atoms with E-state index >= 15 is 0 Å². The van der Waals surface area contributed by atoms with Gasteiger partial charge in [-0.3, -0.25) is 9.98 Å². The summed E-state index contributed by atoms with van der Waals surface area (Å²) in [5.41, 5.74) is -0.980. The first kappa shape index (κ1) is 14.5. The summed E-state index contributed by atoms with van der Waals surface area (Å²) in [5.74, 6) is -0.358. The molecule has 1 aromatic carbocycles. The average Bonchev–Trinajstić information content (AvgIpc) is 2.49. The van der Waals surface area contributed by atoms with E-state index in [2.05, 4.69) is 5.32 Å². The lowest BCUT2D eigenvalue weighted by Gasteiger charge is -2.09. The van der Waals surface area contributed by atoms with Gasteiger partial charge in [0.15, 0.2) is 11.3 Å². The lowest BCUT2D eigenvalue weighted by atomic mass is 10.3. The van der Waals surface area contributed by atoms with Crippen molar-refractivity contribution >= 4 is 11.7 Å². The van der Waals surface area contributed by atoms with Crippen LogP contribution in [0.2, 0.25) is 0 Å². The molecule has 1 aromatic heterocycles. The number of methoxy groups -OCH3 is 1. The van der Waals surface area contributed by atoms with Crippen LogP contribution in [-0.4, -0.2) is 22.3 Å². The van der Waals surface area contributed by atoms with Crippen LogP contribution in [0.3, 0.4) is 0 Å². The second kappa shape index (κ2) is 5.61. The Morgan fingerprint density at radius 2 is 1.95 bits per heavy atom. The molecule has 0 fully saturated rings. The van der Waals surface area contributed by atoms with Crippen molar-refractivity contribution in [3.05, 3.63) is 52.3 Å². The lowest BCUT2D eigenvalue weighted by molar-refractivity contribution is 0.251. The predicted octanol–water partition coefficient (Wildman–Crippen LogP) is 0.894. The second-order valence-corrected chi connectivity index (χ2v) is 4.20. The highest BCUT2D eigenvalue weighted by Gasteiger charge is 2.12. The van der Waals surface area contributed by atoms with Crippen LogP contribution in [0, 0.1) is 11.2 Å². The van der Waals surface area contributed by atoms with Crippen LogP contribution < -0.4 is 21.2 Å². The molecule has 0 radical (unpaired) electrons. The number of halogens is 1. The Bertz CT molecular complexity index is 793. The van der Waals surface area contributed by atoms with Crippen molar-refractivity contribution in [2.75, 3.05) is 12.4 Å². The minimum atomic E-state index is -0.970. The molecule has 2 rings (SSSR count). The van der Waals surface area contributed by atoms with E-state index < -0.39 is 23.0 Å². The van der Waals surface area contributed by atoms with E-state index in [0.717, 1.165) is 4.57 Å². The number of carbonyl (C=O) groups is 1. The third-order valence-corrected chi connectivity index (χ3v) is 2.86. The van der Waals surface area contributed by atoms with E-state index in [9.17, 15) is 14.0 Å². The van der Waals surface area contributed by atoms with Gasteiger partial charge in [0.25, 0.3) is 0 Å². The fourth-order valence-electron chi connectivity index (χ4n) is 1.65. The third kappa shape index (κ3) is 2.83. The van der Waals surface area contributed by atoms with Gasteiger partial charge in [0.1, 0.15) is 5.75 Å². The van der Waals surface area contributed by atoms with Crippen molar-refractivity contribution in [1.82, 2.24) is 9.13 Å². The zero-order valence-electron chi connectivity index (χ0n) is 11.4. The molecular formula is C13H13FN4O3. The van der Waals surface area contributed by atoms with Gasteiger partial charge < -0.3 is 10.1 Å². The number of amides is 1. The van der Waals surface area contributed by atoms with Gasteiger partial charge in [0.2, 0.25) is 0 Å². The molecule has 8 heteroatoms. The average molecular weight is 292 g/mol. The normalized spacial score (nSPS) is 10.2. The van der Waals surface area contributed by atoms with Crippen molar-refractivity contribution < 1.29 is 13.9 Å². The fraction of sp³-hybridized carbons (Fsp3) is 0.154. The Balaban J connectivity index is 2.32. The van der Waals surface area contributed by atoms with Crippen LogP contribution in [0.1, 0.15) is 0 Å². The highest BCUT2D eigenvalue weighted by molar-refractivity contribution is 5.90. The van der Waals surface area contributed by atoms with Gasteiger partial charge in [-0.15, -0.1) is 0 Å². The summed E-state index contributed by atoms with van der Waals surface area (Å²) in [7, 11) is 2.73. The number of nitrogens with one attached hydrogen (secondary N) is 2. The number of ether oxygens (including phenoxy) is 1. The van der Waals surface area contributed by atoms with Gasteiger partial charge in [0, 0.05) is 12.7 Å². The van der Waals surface area contributed by atoms with Gasteiger partial charge >= 0.3 is 11.7 Å². The number of hydrogen-bond acceptors (Lipinski definition) is 4. The zero-order chi connectivity index (χ0) is 15.6. The van der Waals surface area contributed by atoms with Crippen molar-refractivity contribution in [3.8, 4) is 5.75 Å². The first-order valence-corrected chi connectivity index (χ1v) is 5.92. The topological polar surface area (TPSA) is 89.1 Å². The van der Waals surface area contributed by atoms with Gasteiger partial charge in [-0.05, 0) is 24.3 Å². The number of carbonyl (C=O) groups excluding carboxylic acids is 1. The van der Waals surface area contributed by atoms with Crippen LogP contribution in [-0.2, 0) is 7.05 Å². The molecule has 0 aliphatic heterocycles. The Labute approximate surface area is 118 Å². The third-order valence-electron chi connectivity index (χ3n) is 2.86. The smallest absolute Gasteiger partial charge is 0.337 e. The van der Waals surface area contributed by atoms with Gasteiger partial charge in [-0.1, -0.05) is 0 Å². The fourth-order valence-corrected chi connectivity index (χ4v) is 1.65. The molecule has 2 N–H and O–H groups in total. The Hall–Kier alpha value is -2.90. The maximum absolute atomic E-state index is 13.5. The van der Waals surface area contributed by atoms with Crippen molar-refractivity contribution in [1.29, 1.82) is 5.41 Å². The lowest BCUT2D eigenvalue weighted by Crippen LogP contribution is -2.43. The molecule has 1 amide bonds. The summed E-state index contributed by atoms with van der Waals surface area (Å²) < 4.78 is 19.7. The van der Waals surface area contributed by atoms with E-state index in [-0.39, 0.29) is 0 Å². The zero-order valence-corrected chi connectivity index (χ0v) is 11.4.